The van der Waals surface area contributed by atoms with Crippen molar-refractivity contribution in [3.8, 4) is 0 Å². The van der Waals surface area contributed by atoms with Crippen LogP contribution in [0.15, 0.2) is 0 Å². The smallest absolute Gasteiger partial charge is 0.345 e. The highest BCUT2D eigenvalue weighted by Gasteiger charge is 2.28. The third kappa shape index (κ3) is 9.89. The molecule has 0 aliphatic carbocycles. The van der Waals surface area contributed by atoms with Crippen molar-refractivity contribution in [2.75, 3.05) is 6.61 Å². The van der Waals surface area contributed by atoms with Crippen molar-refractivity contribution in [3.63, 3.8) is 0 Å². The van der Waals surface area contributed by atoms with Crippen LogP contribution in [0.4, 0.5) is 0 Å². The molecule has 25 heavy (non-hydrogen) atoms. The third-order valence-electron chi connectivity index (χ3n) is 2.78. The minimum Gasteiger partial charge on any atom is -0.345 e. The molecule has 0 aromatic heterocycles. The van der Waals surface area contributed by atoms with Crippen molar-refractivity contribution < 1.29 is 38.1 Å². The number of hydrogen-bond donors (Lipinski definition) is 6. The summed E-state index contributed by atoms with van der Waals surface area (Å²) in [7, 11) is -4.88. The van der Waals surface area contributed by atoms with Crippen LogP contribution in [-0.2, 0) is 28.3 Å². The van der Waals surface area contributed by atoms with Gasteiger partial charge in [0.2, 0.25) is 17.7 Å². The summed E-state index contributed by atoms with van der Waals surface area (Å²) in [6, 6.07) is -4.33. The number of carbonyl (C=O) groups is 4. The number of phosphoric acid groups is 1. The molecule has 4 atom stereocenters. The minimum absolute atomic E-state index is 0.492. The molecule has 0 radical (unpaired) electrons. The van der Waals surface area contributed by atoms with Crippen LogP contribution >= 0.6 is 7.82 Å². The first-order valence-corrected chi connectivity index (χ1v) is 8.72. The summed E-state index contributed by atoms with van der Waals surface area (Å²) in [4.78, 5) is 63.4. The molecule has 3 amide bonds. The van der Waals surface area contributed by atoms with Crippen LogP contribution in [-0.4, -0.2) is 64.6 Å². The molecule has 0 unspecified atom stereocenters. The largest absolute Gasteiger partial charge is 0.469 e. The molecule has 0 bridgehead atoms. The average molecular weight is 382 g/mol. The van der Waals surface area contributed by atoms with E-state index < -0.39 is 56.3 Å². The molecule has 0 rings (SSSR count). The Balaban J connectivity index is 4.94. The molecule has 0 heterocycles. The normalized spacial score (nSPS) is 16.1. The van der Waals surface area contributed by atoms with Crippen LogP contribution in [0.2, 0.25) is 0 Å². The maximum absolute atomic E-state index is 12.1. The van der Waals surface area contributed by atoms with Crippen molar-refractivity contribution in [1.29, 1.82) is 0 Å². The predicted octanol–water partition coefficient (Wildman–Crippen LogP) is -2.86. The van der Waals surface area contributed by atoms with Gasteiger partial charge in [-0.1, -0.05) is 0 Å². The fraction of sp³-hybridized carbons (Fsp3) is 0.667. The Labute approximate surface area is 144 Å². The molecular formula is C12H23N4O8P. The third-order valence-corrected chi connectivity index (χ3v) is 3.27. The van der Waals surface area contributed by atoms with Crippen LogP contribution in [0.1, 0.15) is 20.8 Å². The van der Waals surface area contributed by atoms with Gasteiger partial charge in [0.05, 0.1) is 18.7 Å². The Morgan fingerprint density at radius 1 is 1.08 bits per heavy atom. The van der Waals surface area contributed by atoms with Gasteiger partial charge in [0, 0.05) is 0 Å². The van der Waals surface area contributed by atoms with E-state index in [4.69, 9.17) is 15.5 Å². The van der Waals surface area contributed by atoms with Crippen LogP contribution in [0.25, 0.3) is 0 Å². The van der Waals surface area contributed by atoms with Crippen LogP contribution in [0.5, 0.6) is 0 Å². The number of nitrogens with two attached hydrogens (primary N) is 1. The van der Waals surface area contributed by atoms with Crippen molar-refractivity contribution in [2.45, 2.75) is 44.9 Å². The molecule has 0 aliphatic rings. The summed E-state index contributed by atoms with van der Waals surface area (Å²) >= 11 is 0. The summed E-state index contributed by atoms with van der Waals surface area (Å²) in [5, 5.41) is 6.69. The van der Waals surface area contributed by atoms with Gasteiger partial charge < -0.3 is 36.3 Å². The van der Waals surface area contributed by atoms with Crippen molar-refractivity contribution in [3.05, 3.63) is 0 Å². The zero-order valence-electron chi connectivity index (χ0n) is 14.0. The molecule has 0 spiro atoms. The first-order valence-electron chi connectivity index (χ1n) is 7.19. The molecule has 0 aromatic rings. The standard InChI is InChI=1S/C12H23N4O8P/c1-6(4-17)14-11(19)8(3)15-12(20)9(5-24-25(21,22)23)16-10(18)7(2)13/h4,6-9H,5,13H2,1-3H3,(H,14,19)(H,15,20)(H,16,18)(H2,21,22,23)/t6-,7-,8-,9-/m0/s1. The number of aldehydes is 1. The summed E-state index contributed by atoms with van der Waals surface area (Å²) in [6.45, 7) is 3.25. The molecule has 0 fully saturated rings. The van der Waals surface area contributed by atoms with Gasteiger partial charge in [-0.3, -0.25) is 18.9 Å². The topological polar surface area (TPSA) is 197 Å². The zero-order chi connectivity index (χ0) is 19.8. The van der Waals surface area contributed by atoms with E-state index >= 15 is 0 Å². The highest BCUT2D eigenvalue weighted by atomic mass is 31.2. The molecule has 7 N–H and O–H groups in total. The van der Waals surface area contributed by atoms with E-state index in [-0.39, 0.29) is 0 Å². The molecule has 0 aromatic carbocycles. The number of phosphoric ester groups is 1. The number of nitrogens with one attached hydrogen (secondary N) is 3. The monoisotopic (exact) mass is 382 g/mol. The second kappa shape index (κ2) is 10.2. The number of hydrogen-bond acceptors (Lipinski definition) is 7. The fourth-order valence-electron chi connectivity index (χ4n) is 1.42. The number of rotatable bonds is 10. The van der Waals surface area contributed by atoms with Crippen LogP contribution in [0, 0.1) is 0 Å². The van der Waals surface area contributed by atoms with Gasteiger partial charge in [-0.15, -0.1) is 0 Å². The highest BCUT2D eigenvalue weighted by molar-refractivity contribution is 7.46. The van der Waals surface area contributed by atoms with Crippen LogP contribution < -0.4 is 21.7 Å². The molecule has 144 valence electrons. The summed E-state index contributed by atoms with van der Waals surface area (Å²) in [5.41, 5.74) is 5.35. The lowest BCUT2D eigenvalue weighted by Crippen LogP contribution is -2.56. The zero-order valence-corrected chi connectivity index (χ0v) is 14.9. The lowest BCUT2D eigenvalue weighted by molar-refractivity contribution is -0.133. The lowest BCUT2D eigenvalue weighted by atomic mass is 10.2. The SMILES string of the molecule is C[C@H](N)C(=O)N[C@@H](COP(=O)(O)O)C(=O)N[C@@H](C)C(=O)N[C@@H](C)C=O. The number of carbonyl (C=O) groups excluding carboxylic acids is 4. The van der Waals surface area contributed by atoms with E-state index in [9.17, 15) is 23.7 Å². The van der Waals surface area contributed by atoms with Gasteiger partial charge in [-0.05, 0) is 20.8 Å². The Morgan fingerprint density at radius 2 is 1.64 bits per heavy atom. The molecule has 13 heteroatoms. The van der Waals surface area contributed by atoms with Gasteiger partial charge >= 0.3 is 7.82 Å². The highest BCUT2D eigenvalue weighted by Crippen LogP contribution is 2.35. The van der Waals surface area contributed by atoms with E-state index in [1.165, 1.54) is 20.8 Å². The molecule has 0 saturated heterocycles. The van der Waals surface area contributed by atoms with E-state index in [2.05, 4.69) is 20.5 Å². The van der Waals surface area contributed by atoms with Crippen molar-refractivity contribution in [1.82, 2.24) is 16.0 Å². The fourth-order valence-corrected chi connectivity index (χ4v) is 1.76. The van der Waals surface area contributed by atoms with Crippen LogP contribution in [0.3, 0.4) is 0 Å². The second-order valence-corrected chi connectivity index (χ2v) is 6.54. The van der Waals surface area contributed by atoms with Gasteiger partial charge in [-0.2, -0.15) is 0 Å². The van der Waals surface area contributed by atoms with Gasteiger partial charge in [0.15, 0.2) is 0 Å². The molecular weight excluding hydrogens is 359 g/mol. The molecule has 12 nitrogen and oxygen atoms in total. The van der Waals surface area contributed by atoms with Gasteiger partial charge in [-0.25, -0.2) is 4.57 Å². The Morgan fingerprint density at radius 3 is 2.08 bits per heavy atom. The minimum atomic E-state index is -4.88. The van der Waals surface area contributed by atoms with E-state index in [0.29, 0.717) is 6.29 Å². The summed E-state index contributed by atoms with van der Waals surface area (Å²) in [5.74, 6) is -2.36. The Hall–Kier alpha value is -1.85. The van der Waals surface area contributed by atoms with E-state index in [1.807, 2.05) is 0 Å². The van der Waals surface area contributed by atoms with Gasteiger partial charge in [0.1, 0.15) is 18.4 Å². The summed E-state index contributed by atoms with van der Waals surface area (Å²) in [6.07, 6.45) is 0.492. The summed E-state index contributed by atoms with van der Waals surface area (Å²) < 4.78 is 15.0. The average Bonchev–Trinajstić information content (AvgIpc) is 2.49. The van der Waals surface area contributed by atoms with Gasteiger partial charge in [0.25, 0.3) is 0 Å². The maximum atomic E-state index is 12.1. The molecule has 0 aliphatic heterocycles. The quantitative estimate of drug-likeness (QED) is 0.170. The lowest BCUT2D eigenvalue weighted by Gasteiger charge is -2.22. The second-order valence-electron chi connectivity index (χ2n) is 5.30. The first kappa shape index (κ1) is 23.1. The van der Waals surface area contributed by atoms with E-state index in [0.717, 1.165) is 0 Å². The number of amides is 3. The van der Waals surface area contributed by atoms with Crippen molar-refractivity contribution in [2.24, 2.45) is 5.73 Å². The Kier molecular flexibility index (Phi) is 9.46. The van der Waals surface area contributed by atoms with E-state index in [1.54, 1.807) is 0 Å². The molecule has 0 saturated carbocycles. The maximum Gasteiger partial charge on any atom is 0.469 e. The predicted molar refractivity (Wildman–Crippen MR) is 84.8 cm³/mol. The first-order chi connectivity index (χ1) is 11.4. The van der Waals surface area contributed by atoms with Crippen molar-refractivity contribution >= 4 is 31.8 Å². The Bertz CT molecular complexity index is 549.